The predicted octanol–water partition coefficient (Wildman–Crippen LogP) is 6.17. The highest BCUT2D eigenvalue weighted by molar-refractivity contribution is 8.12. The highest BCUT2D eigenvalue weighted by Gasteiger charge is 2.31. The Balaban J connectivity index is 0.000000188. The molecule has 2 aromatic heterocycles. The van der Waals surface area contributed by atoms with Crippen molar-refractivity contribution in [3.63, 3.8) is 0 Å². The summed E-state index contributed by atoms with van der Waals surface area (Å²) >= 11 is 12.2. The molecule has 0 spiro atoms. The molecule has 2 N–H and O–H groups in total. The van der Waals surface area contributed by atoms with Gasteiger partial charge in [-0.05, 0) is 121 Å². The van der Waals surface area contributed by atoms with Crippen LogP contribution in [0.4, 0.5) is 11.4 Å². The van der Waals surface area contributed by atoms with Crippen LogP contribution < -0.4 is 39.8 Å². The van der Waals surface area contributed by atoms with Crippen molar-refractivity contribution in [3.8, 4) is 22.9 Å². The molecule has 4 fully saturated rings. The summed E-state index contributed by atoms with van der Waals surface area (Å²) in [5.74, 6) is 1.72. The summed E-state index contributed by atoms with van der Waals surface area (Å²) in [6, 6.07) is 13.8. The third kappa shape index (κ3) is 15.0. The monoisotopic (exact) mass is 997 g/mol. The fourth-order valence-corrected chi connectivity index (χ4v) is 9.95. The lowest BCUT2D eigenvalue weighted by Crippen LogP contribution is -2.53. The van der Waals surface area contributed by atoms with Gasteiger partial charge in [-0.2, -0.15) is 50.1 Å². The van der Waals surface area contributed by atoms with Crippen LogP contribution >= 0.6 is 33.9 Å². The standard InChI is InChI=1S/C21H28ClN5O4S.C19H22ClN3O2.C3H8ClNO2S/c1-15(2)24-32(29,30)26-10-8-25(9-11-26)19-13-23-27(18-5-3-4-17(22)12-18)21(28)20(19)31-14-16-6-7-16;20-15-5-4-6-16(11-15)23-19(24)18(25-13-14-7-8-14)17(12-21-23)22-9-2-1-3-10-22;1-3(2)5-8(4,6)7/h3-5,12-13,15-16,24H,6-11,14H2,1-2H3;4-6,11-12,14H,1-3,7-10,13H2;3,5H,1-2H3. The Labute approximate surface area is 395 Å². The Morgan fingerprint density at radius 3 is 1.45 bits per heavy atom. The minimum atomic E-state index is -3.54. The van der Waals surface area contributed by atoms with Gasteiger partial charge in [0.2, 0.25) is 11.5 Å². The molecule has 22 heteroatoms. The first-order valence-electron chi connectivity index (χ1n) is 21.9. The van der Waals surface area contributed by atoms with E-state index in [9.17, 15) is 26.4 Å². The van der Waals surface area contributed by atoms with E-state index >= 15 is 0 Å². The zero-order chi connectivity index (χ0) is 46.9. The van der Waals surface area contributed by atoms with Crippen LogP contribution in [-0.2, 0) is 19.4 Å². The van der Waals surface area contributed by atoms with E-state index < -0.39 is 19.4 Å². The van der Waals surface area contributed by atoms with E-state index in [0.717, 1.165) is 44.5 Å². The van der Waals surface area contributed by atoms with E-state index in [1.54, 1.807) is 76.5 Å². The van der Waals surface area contributed by atoms with Crippen LogP contribution in [0.3, 0.4) is 0 Å². The van der Waals surface area contributed by atoms with Gasteiger partial charge in [0, 0.05) is 72.1 Å². The summed E-state index contributed by atoms with van der Waals surface area (Å²) in [4.78, 5) is 30.6. The number of benzene rings is 2. The van der Waals surface area contributed by atoms with Crippen molar-refractivity contribution in [2.45, 2.75) is 84.7 Å². The zero-order valence-corrected chi connectivity index (χ0v) is 40.9. The average molecular weight is 999 g/mol. The quantitative estimate of drug-likeness (QED) is 0.129. The summed E-state index contributed by atoms with van der Waals surface area (Å²) in [7, 11) is -2.25. The van der Waals surface area contributed by atoms with E-state index in [0.29, 0.717) is 84.1 Å². The molecule has 356 valence electrons. The number of hydrogen-bond donors (Lipinski definition) is 2. The Morgan fingerprint density at radius 2 is 1.08 bits per heavy atom. The van der Waals surface area contributed by atoms with Gasteiger partial charge in [-0.25, -0.2) is 0 Å². The molecular weight excluding hydrogens is 941 g/mol. The maximum Gasteiger partial charge on any atom is 0.316 e. The Kier molecular flexibility index (Phi) is 17.6. The molecule has 0 bridgehead atoms. The second-order valence-electron chi connectivity index (χ2n) is 17.0. The first-order valence-corrected chi connectivity index (χ1v) is 26.4. The van der Waals surface area contributed by atoms with E-state index in [2.05, 4.69) is 24.5 Å². The van der Waals surface area contributed by atoms with Crippen molar-refractivity contribution in [1.82, 2.24) is 33.3 Å². The molecular formula is C43H58Cl3N9O8S2. The fraction of sp³-hybridized carbons (Fsp3) is 0.535. The predicted molar refractivity (Wildman–Crippen MR) is 256 cm³/mol. The molecule has 17 nitrogen and oxygen atoms in total. The number of aromatic nitrogens is 4. The molecule has 0 atom stereocenters. The third-order valence-electron chi connectivity index (χ3n) is 10.6. The number of nitrogens with zero attached hydrogens (tertiary/aromatic N) is 7. The molecule has 65 heavy (non-hydrogen) atoms. The number of ether oxygens (including phenoxy) is 2. The third-order valence-corrected chi connectivity index (χ3v) is 13.9. The lowest BCUT2D eigenvalue weighted by molar-refractivity contribution is 0.292. The van der Waals surface area contributed by atoms with Crippen molar-refractivity contribution in [3.05, 3.63) is 91.7 Å². The minimum absolute atomic E-state index is 0.127. The highest BCUT2D eigenvalue weighted by Crippen LogP contribution is 2.34. The number of piperazine rings is 1. The van der Waals surface area contributed by atoms with Crippen molar-refractivity contribution >= 4 is 64.7 Å². The van der Waals surface area contributed by atoms with Crippen molar-refractivity contribution in [2.24, 2.45) is 11.8 Å². The van der Waals surface area contributed by atoms with E-state index in [1.165, 1.54) is 32.9 Å². The lowest BCUT2D eigenvalue weighted by Gasteiger charge is -2.36. The molecule has 0 radical (unpaired) electrons. The van der Waals surface area contributed by atoms with Crippen LogP contribution in [0.2, 0.25) is 10.0 Å². The van der Waals surface area contributed by atoms with Crippen LogP contribution in [0.1, 0.15) is 72.6 Å². The second kappa shape index (κ2) is 22.7. The second-order valence-corrected chi connectivity index (χ2v) is 21.9. The first kappa shape index (κ1) is 50.5. The summed E-state index contributed by atoms with van der Waals surface area (Å²) in [5.41, 5.74) is 2.04. The number of nitrogens with one attached hydrogen (secondary N) is 2. The van der Waals surface area contributed by atoms with Gasteiger partial charge < -0.3 is 19.3 Å². The number of halogens is 3. The highest BCUT2D eigenvalue weighted by atomic mass is 35.7. The SMILES string of the molecule is CC(C)NS(=O)(=O)Cl.CC(C)NS(=O)(=O)N1CCN(c2cnn(-c3cccc(Cl)c3)c(=O)c2OCC2CC2)CC1.O=c1c(OCC2CC2)c(N2CCCCC2)cnn1-c1cccc(Cl)c1. The molecule has 2 saturated heterocycles. The topological polar surface area (TPSA) is 190 Å². The molecule has 8 rings (SSSR count). The Morgan fingerprint density at radius 1 is 0.646 bits per heavy atom. The summed E-state index contributed by atoms with van der Waals surface area (Å²) < 4.78 is 65.9. The average Bonchev–Trinajstić information content (AvgIpc) is 4.19. The summed E-state index contributed by atoms with van der Waals surface area (Å²) in [6.45, 7) is 11.4. The molecule has 4 heterocycles. The minimum Gasteiger partial charge on any atom is -0.486 e. The van der Waals surface area contributed by atoms with E-state index in [-0.39, 0.29) is 29.0 Å². The van der Waals surface area contributed by atoms with Crippen molar-refractivity contribution in [2.75, 3.05) is 62.3 Å². The van der Waals surface area contributed by atoms with Crippen LogP contribution in [-0.4, -0.2) is 105 Å². The van der Waals surface area contributed by atoms with Gasteiger partial charge in [-0.1, -0.05) is 35.3 Å². The van der Waals surface area contributed by atoms with Crippen molar-refractivity contribution < 1.29 is 26.3 Å². The van der Waals surface area contributed by atoms with Gasteiger partial charge >= 0.3 is 11.1 Å². The maximum atomic E-state index is 13.3. The largest absolute Gasteiger partial charge is 0.486 e. The van der Waals surface area contributed by atoms with E-state index in [4.69, 9.17) is 43.4 Å². The lowest BCUT2D eigenvalue weighted by atomic mass is 10.1. The molecule has 4 aromatic rings. The maximum absolute atomic E-state index is 13.3. The molecule has 0 amide bonds. The molecule has 2 aliphatic carbocycles. The van der Waals surface area contributed by atoms with E-state index in [1.807, 2.05) is 17.0 Å². The molecule has 2 aromatic carbocycles. The smallest absolute Gasteiger partial charge is 0.316 e. The van der Waals surface area contributed by atoms with Gasteiger partial charge in [0.15, 0.2) is 0 Å². The van der Waals surface area contributed by atoms with Gasteiger partial charge in [0.05, 0.1) is 37.0 Å². The van der Waals surface area contributed by atoms with Crippen LogP contribution in [0.25, 0.3) is 11.4 Å². The van der Waals surface area contributed by atoms with Crippen molar-refractivity contribution in [1.29, 1.82) is 0 Å². The first-order chi connectivity index (χ1) is 30.9. The Hall–Kier alpha value is -3.95. The number of anilines is 2. The van der Waals surface area contributed by atoms with Crippen LogP contribution in [0.5, 0.6) is 11.5 Å². The normalized spacial score (nSPS) is 17.0. The fourth-order valence-electron chi connectivity index (χ4n) is 7.09. The Bertz CT molecular complexity index is 2580. The molecule has 0 unspecified atom stereocenters. The van der Waals surface area contributed by atoms with Gasteiger partial charge in [0.1, 0.15) is 11.4 Å². The molecule has 2 saturated carbocycles. The summed E-state index contributed by atoms with van der Waals surface area (Å²) in [6.07, 6.45) is 11.5. The van der Waals surface area contributed by atoms with Gasteiger partial charge in [0.25, 0.3) is 19.4 Å². The van der Waals surface area contributed by atoms with Crippen LogP contribution in [0, 0.1) is 11.8 Å². The summed E-state index contributed by atoms with van der Waals surface area (Å²) in [5, 5.41) is 9.83. The zero-order valence-electron chi connectivity index (χ0n) is 37.0. The molecule has 2 aliphatic heterocycles. The van der Waals surface area contributed by atoms with Gasteiger partial charge in [-0.3, -0.25) is 9.59 Å². The number of hydrogen-bond acceptors (Lipinski definition) is 12. The number of piperidine rings is 1. The number of rotatable bonds is 15. The van der Waals surface area contributed by atoms with Gasteiger partial charge in [-0.15, -0.1) is 0 Å². The molecule has 4 aliphatic rings. The van der Waals surface area contributed by atoms with Crippen LogP contribution in [0.15, 0.2) is 70.5 Å².